The van der Waals surface area contributed by atoms with Crippen LogP contribution in [0, 0.1) is 13.8 Å². The molecule has 0 aromatic carbocycles. The average molecular weight is 511 g/mol. The molecule has 1 aliphatic heterocycles. The van der Waals surface area contributed by atoms with Gasteiger partial charge in [-0.2, -0.15) is 4.98 Å². The molecule has 2 aliphatic rings. The molecule has 0 atom stereocenters. The molecule has 0 bridgehead atoms. The molecular formula is C29H34N8O. The number of nitrogens with one attached hydrogen (secondary N) is 1. The zero-order chi connectivity index (χ0) is 26.1. The lowest BCUT2D eigenvalue weighted by Crippen LogP contribution is -2.38. The molecule has 1 amide bonds. The minimum absolute atomic E-state index is 0.102. The number of rotatable bonds is 5. The van der Waals surface area contributed by atoms with Gasteiger partial charge in [0.2, 0.25) is 5.95 Å². The number of nitrogens with zero attached hydrogens (tertiary/aromatic N) is 7. The molecule has 9 nitrogen and oxygen atoms in total. The standard InChI is InChI=1S/C29H34N8O/c1-19-12-22(13-20(2)33-19)28(38)36-10-8-21(9-11-36)26-17-37(24-6-4-3-5-7-24)27-25(26)16-32-29(35-27)34-23-14-30-18-31-15-23/h12-18,21,24H,3-11H2,1-2H3,(H,32,34,35). The van der Waals surface area contributed by atoms with E-state index in [1.807, 2.05) is 37.1 Å². The van der Waals surface area contributed by atoms with Crippen LogP contribution in [0.25, 0.3) is 11.0 Å². The van der Waals surface area contributed by atoms with E-state index in [0.717, 1.165) is 59.6 Å². The Balaban J connectivity index is 1.26. The molecule has 4 aromatic rings. The van der Waals surface area contributed by atoms with Crippen molar-refractivity contribution >= 4 is 28.6 Å². The maximum absolute atomic E-state index is 13.2. The van der Waals surface area contributed by atoms with Crippen molar-refractivity contribution in [1.29, 1.82) is 0 Å². The van der Waals surface area contributed by atoms with Crippen LogP contribution in [0.4, 0.5) is 11.6 Å². The van der Waals surface area contributed by atoms with Gasteiger partial charge in [0.15, 0.2) is 0 Å². The molecule has 0 spiro atoms. The zero-order valence-corrected chi connectivity index (χ0v) is 22.1. The van der Waals surface area contributed by atoms with Gasteiger partial charge in [0.05, 0.1) is 18.1 Å². The molecule has 196 valence electrons. The van der Waals surface area contributed by atoms with Gasteiger partial charge in [0.25, 0.3) is 5.91 Å². The Hall–Kier alpha value is -3.88. The van der Waals surface area contributed by atoms with Crippen molar-refractivity contribution < 1.29 is 4.79 Å². The third-order valence-corrected chi connectivity index (χ3v) is 7.94. The SMILES string of the molecule is Cc1cc(C(=O)N2CCC(c3cn(C4CCCCC4)c4nc(Nc5cncnc5)ncc34)CC2)cc(C)n1. The van der Waals surface area contributed by atoms with E-state index in [-0.39, 0.29) is 5.91 Å². The van der Waals surface area contributed by atoms with Crippen LogP contribution in [0.5, 0.6) is 0 Å². The maximum Gasteiger partial charge on any atom is 0.253 e. The predicted molar refractivity (Wildman–Crippen MR) is 147 cm³/mol. The molecule has 0 unspecified atom stereocenters. The predicted octanol–water partition coefficient (Wildman–Crippen LogP) is 5.50. The van der Waals surface area contributed by atoms with E-state index in [1.54, 1.807) is 12.4 Å². The summed E-state index contributed by atoms with van der Waals surface area (Å²) in [7, 11) is 0. The van der Waals surface area contributed by atoms with Crippen LogP contribution in [-0.4, -0.2) is 53.4 Å². The fourth-order valence-corrected chi connectivity index (χ4v) is 6.10. The lowest BCUT2D eigenvalue weighted by molar-refractivity contribution is 0.0713. The van der Waals surface area contributed by atoms with E-state index < -0.39 is 0 Å². The van der Waals surface area contributed by atoms with Crippen LogP contribution in [0.2, 0.25) is 0 Å². The van der Waals surface area contributed by atoms with Gasteiger partial charge < -0.3 is 14.8 Å². The number of fused-ring (bicyclic) bond motifs is 1. The first kappa shape index (κ1) is 24.5. The summed E-state index contributed by atoms with van der Waals surface area (Å²) in [5.74, 6) is 1.03. The number of carbonyl (C=O) groups is 1. The second-order valence-corrected chi connectivity index (χ2v) is 10.7. The average Bonchev–Trinajstić information content (AvgIpc) is 3.32. The molecule has 2 fully saturated rings. The van der Waals surface area contributed by atoms with Crippen molar-refractivity contribution in [1.82, 2.24) is 34.4 Å². The number of piperidine rings is 1. The lowest BCUT2D eigenvalue weighted by Gasteiger charge is -2.32. The van der Waals surface area contributed by atoms with Gasteiger partial charge in [-0.05, 0) is 63.1 Å². The van der Waals surface area contributed by atoms with E-state index in [0.29, 0.717) is 17.9 Å². The maximum atomic E-state index is 13.2. The summed E-state index contributed by atoms with van der Waals surface area (Å²) in [6.45, 7) is 5.37. The summed E-state index contributed by atoms with van der Waals surface area (Å²) >= 11 is 0. The van der Waals surface area contributed by atoms with E-state index in [9.17, 15) is 4.79 Å². The van der Waals surface area contributed by atoms with Gasteiger partial charge in [0.1, 0.15) is 12.0 Å². The number of hydrogen-bond donors (Lipinski definition) is 1. The topological polar surface area (TPSA) is 102 Å². The number of carbonyl (C=O) groups excluding carboxylic acids is 1. The number of aryl methyl sites for hydroxylation is 2. The van der Waals surface area contributed by atoms with Crippen molar-refractivity contribution in [2.45, 2.75) is 70.8 Å². The minimum Gasteiger partial charge on any atom is -0.339 e. The van der Waals surface area contributed by atoms with Gasteiger partial charge in [0, 0.05) is 53.9 Å². The number of anilines is 2. The second-order valence-electron chi connectivity index (χ2n) is 10.7. The third kappa shape index (κ3) is 4.97. The van der Waals surface area contributed by atoms with Crippen molar-refractivity contribution in [2.75, 3.05) is 18.4 Å². The summed E-state index contributed by atoms with van der Waals surface area (Å²) in [4.78, 5) is 37.4. The minimum atomic E-state index is 0.102. The Kier molecular flexibility index (Phi) is 6.74. The molecule has 1 N–H and O–H groups in total. The number of hydrogen-bond acceptors (Lipinski definition) is 7. The van der Waals surface area contributed by atoms with Gasteiger partial charge in [-0.25, -0.2) is 15.0 Å². The monoisotopic (exact) mass is 510 g/mol. The first-order chi connectivity index (χ1) is 18.5. The molecule has 0 radical (unpaired) electrons. The Labute approximate surface area is 222 Å². The molecule has 1 saturated heterocycles. The van der Waals surface area contributed by atoms with Gasteiger partial charge in [-0.15, -0.1) is 0 Å². The lowest BCUT2D eigenvalue weighted by atomic mass is 9.89. The Morgan fingerprint density at radius 3 is 2.34 bits per heavy atom. The van der Waals surface area contributed by atoms with E-state index in [4.69, 9.17) is 4.98 Å². The second kappa shape index (κ2) is 10.5. The molecule has 4 aromatic heterocycles. The Bertz CT molecular complexity index is 1420. The van der Waals surface area contributed by atoms with Crippen molar-refractivity contribution in [3.8, 4) is 0 Å². The highest BCUT2D eigenvalue weighted by Crippen LogP contribution is 2.38. The van der Waals surface area contributed by atoms with Crippen molar-refractivity contribution in [2.24, 2.45) is 0 Å². The normalized spacial score (nSPS) is 17.2. The fourth-order valence-electron chi connectivity index (χ4n) is 6.10. The van der Waals surface area contributed by atoms with Gasteiger partial charge in [-0.3, -0.25) is 9.78 Å². The molecule has 6 rings (SSSR count). The van der Waals surface area contributed by atoms with Crippen molar-refractivity contribution in [3.63, 3.8) is 0 Å². The smallest absolute Gasteiger partial charge is 0.253 e. The summed E-state index contributed by atoms with van der Waals surface area (Å²) < 4.78 is 2.40. The summed E-state index contributed by atoms with van der Waals surface area (Å²) in [6, 6.07) is 4.25. The Morgan fingerprint density at radius 2 is 1.63 bits per heavy atom. The third-order valence-electron chi connectivity index (χ3n) is 7.94. The van der Waals surface area contributed by atoms with Crippen LogP contribution in [0.3, 0.4) is 0 Å². The van der Waals surface area contributed by atoms with Crippen LogP contribution in [0.15, 0.2) is 43.2 Å². The van der Waals surface area contributed by atoms with Crippen molar-refractivity contribution in [3.05, 3.63) is 65.8 Å². The molecular weight excluding hydrogens is 476 g/mol. The highest BCUT2D eigenvalue weighted by atomic mass is 16.2. The van der Waals surface area contributed by atoms with Gasteiger partial charge in [-0.1, -0.05) is 19.3 Å². The van der Waals surface area contributed by atoms with Crippen LogP contribution in [-0.2, 0) is 0 Å². The van der Waals surface area contributed by atoms with Crippen LogP contribution >= 0.6 is 0 Å². The van der Waals surface area contributed by atoms with Gasteiger partial charge >= 0.3 is 0 Å². The van der Waals surface area contributed by atoms with E-state index >= 15 is 0 Å². The van der Waals surface area contributed by atoms with Crippen LogP contribution < -0.4 is 5.32 Å². The number of pyridine rings is 1. The number of aromatic nitrogens is 6. The Morgan fingerprint density at radius 1 is 0.921 bits per heavy atom. The highest BCUT2D eigenvalue weighted by Gasteiger charge is 2.29. The highest BCUT2D eigenvalue weighted by molar-refractivity contribution is 5.94. The fraction of sp³-hybridized carbons (Fsp3) is 0.448. The summed E-state index contributed by atoms with van der Waals surface area (Å²) in [6.07, 6.45) is 17.3. The molecule has 1 saturated carbocycles. The first-order valence-electron chi connectivity index (χ1n) is 13.7. The van der Waals surface area contributed by atoms with E-state index in [1.165, 1.54) is 44.0 Å². The largest absolute Gasteiger partial charge is 0.339 e. The van der Waals surface area contributed by atoms with E-state index in [2.05, 4.69) is 36.0 Å². The summed E-state index contributed by atoms with van der Waals surface area (Å²) in [5.41, 5.74) is 5.56. The van der Waals surface area contributed by atoms with Crippen LogP contribution in [0.1, 0.15) is 84.2 Å². The molecule has 5 heterocycles. The molecule has 9 heteroatoms. The first-order valence-corrected chi connectivity index (χ1v) is 13.7. The number of likely N-dealkylation sites (tertiary alicyclic amines) is 1. The molecule has 38 heavy (non-hydrogen) atoms. The molecule has 1 aliphatic carbocycles. The zero-order valence-electron chi connectivity index (χ0n) is 22.1. The number of amides is 1. The quantitative estimate of drug-likeness (QED) is 0.378. The summed E-state index contributed by atoms with van der Waals surface area (Å²) in [5, 5.41) is 4.37.